The van der Waals surface area contributed by atoms with Gasteiger partial charge >= 0.3 is 0 Å². The molecule has 1 unspecified atom stereocenters. The Morgan fingerprint density at radius 2 is 2.10 bits per heavy atom. The van der Waals surface area contributed by atoms with Gasteiger partial charge in [-0.25, -0.2) is 4.39 Å². The van der Waals surface area contributed by atoms with Crippen molar-refractivity contribution < 1.29 is 4.39 Å². The molecule has 112 valence electrons. The molecular weight excluding hydrogens is 253 g/mol. The Morgan fingerprint density at radius 1 is 1.35 bits per heavy atom. The minimum Gasteiger partial charge on any atom is -0.366 e. The smallest absolute Gasteiger partial charge is 0.129 e. The summed E-state index contributed by atoms with van der Waals surface area (Å²) in [7, 11) is 2.14. The first kappa shape index (κ1) is 15.3. The van der Waals surface area contributed by atoms with E-state index in [1.54, 1.807) is 6.07 Å². The number of likely N-dealkylation sites (N-methyl/N-ethyl adjacent to an activating group) is 1. The van der Waals surface area contributed by atoms with Crippen molar-refractivity contribution in [3.8, 4) is 0 Å². The van der Waals surface area contributed by atoms with Crippen LogP contribution in [0, 0.1) is 5.82 Å². The van der Waals surface area contributed by atoms with E-state index in [2.05, 4.69) is 42.9 Å². The summed E-state index contributed by atoms with van der Waals surface area (Å²) in [4.78, 5) is 4.66. The minimum absolute atomic E-state index is 0.109. The maximum atomic E-state index is 14.2. The molecule has 0 amide bonds. The normalized spacial score (nSPS) is 20.7. The van der Waals surface area contributed by atoms with Crippen molar-refractivity contribution in [3.05, 3.63) is 29.6 Å². The molecule has 1 N–H and O–H groups in total. The van der Waals surface area contributed by atoms with E-state index in [0.717, 1.165) is 30.9 Å². The van der Waals surface area contributed by atoms with Gasteiger partial charge in [-0.3, -0.25) is 0 Å². The highest BCUT2D eigenvalue weighted by Crippen LogP contribution is 2.26. The molecule has 0 radical (unpaired) electrons. The summed E-state index contributed by atoms with van der Waals surface area (Å²) in [6.45, 7) is 9.96. The molecule has 1 saturated heterocycles. The molecule has 1 aromatic carbocycles. The fraction of sp³-hybridized carbons (Fsp3) is 0.625. The van der Waals surface area contributed by atoms with E-state index in [0.29, 0.717) is 18.6 Å². The van der Waals surface area contributed by atoms with Crippen LogP contribution in [0.2, 0.25) is 0 Å². The van der Waals surface area contributed by atoms with Crippen LogP contribution in [0.1, 0.15) is 26.3 Å². The summed E-state index contributed by atoms with van der Waals surface area (Å²) in [6.07, 6.45) is 0. The lowest BCUT2D eigenvalue weighted by atomic mass is 10.1. The predicted molar refractivity (Wildman–Crippen MR) is 82.7 cm³/mol. The van der Waals surface area contributed by atoms with E-state index in [1.807, 2.05) is 12.1 Å². The molecule has 1 heterocycles. The molecule has 1 atom stereocenters. The first-order valence-electron chi connectivity index (χ1n) is 7.45. The number of hydrogen-bond donors (Lipinski definition) is 1. The Bertz CT molecular complexity index is 447. The Kier molecular flexibility index (Phi) is 5.00. The summed E-state index contributed by atoms with van der Waals surface area (Å²) in [5.74, 6) is -0.109. The van der Waals surface area contributed by atoms with Crippen molar-refractivity contribution in [3.63, 3.8) is 0 Å². The van der Waals surface area contributed by atoms with Gasteiger partial charge in [-0.05, 0) is 26.1 Å². The zero-order valence-electron chi connectivity index (χ0n) is 13.0. The van der Waals surface area contributed by atoms with Crippen molar-refractivity contribution in [1.29, 1.82) is 0 Å². The van der Waals surface area contributed by atoms with Crippen LogP contribution in [0.25, 0.3) is 0 Å². The zero-order valence-corrected chi connectivity index (χ0v) is 13.0. The maximum Gasteiger partial charge on any atom is 0.129 e. The Balaban J connectivity index is 2.24. The lowest BCUT2D eigenvalue weighted by Gasteiger charge is -2.40. The second kappa shape index (κ2) is 6.55. The fourth-order valence-corrected chi connectivity index (χ4v) is 2.80. The molecule has 3 nitrogen and oxygen atoms in total. The number of piperazine rings is 1. The van der Waals surface area contributed by atoms with Gasteiger partial charge < -0.3 is 15.1 Å². The van der Waals surface area contributed by atoms with Crippen LogP contribution in [0.4, 0.5) is 10.1 Å². The van der Waals surface area contributed by atoms with Crippen molar-refractivity contribution in [2.24, 2.45) is 0 Å². The van der Waals surface area contributed by atoms with Gasteiger partial charge in [0.05, 0.1) is 0 Å². The van der Waals surface area contributed by atoms with Gasteiger partial charge in [0, 0.05) is 49.5 Å². The van der Waals surface area contributed by atoms with E-state index in [-0.39, 0.29) is 5.82 Å². The van der Waals surface area contributed by atoms with Crippen molar-refractivity contribution in [1.82, 2.24) is 10.2 Å². The topological polar surface area (TPSA) is 18.5 Å². The van der Waals surface area contributed by atoms with Gasteiger partial charge in [-0.1, -0.05) is 19.9 Å². The molecule has 1 fully saturated rings. The van der Waals surface area contributed by atoms with Gasteiger partial charge in [0.25, 0.3) is 0 Å². The number of rotatable bonds is 4. The Morgan fingerprint density at radius 3 is 2.75 bits per heavy atom. The average Bonchev–Trinajstić information content (AvgIpc) is 2.37. The third-order valence-electron chi connectivity index (χ3n) is 3.92. The standard InChI is InChI=1S/C16H26FN3/c1-12(2)18-10-14-15(17)6-5-7-16(14)20-9-8-19(4)11-13(20)3/h5-7,12-13,18H,8-11H2,1-4H3. The van der Waals surface area contributed by atoms with Crippen molar-refractivity contribution in [2.45, 2.75) is 39.4 Å². The molecule has 0 aliphatic carbocycles. The van der Waals surface area contributed by atoms with E-state index in [1.165, 1.54) is 0 Å². The van der Waals surface area contributed by atoms with E-state index in [9.17, 15) is 4.39 Å². The molecule has 4 heteroatoms. The van der Waals surface area contributed by atoms with Crippen LogP contribution < -0.4 is 10.2 Å². The first-order valence-corrected chi connectivity index (χ1v) is 7.45. The Hall–Kier alpha value is -1.13. The predicted octanol–water partition coefficient (Wildman–Crippen LogP) is 2.46. The summed E-state index contributed by atoms with van der Waals surface area (Å²) in [5, 5.41) is 3.33. The monoisotopic (exact) mass is 279 g/mol. The quantitative estimate of drug-likeness (QED) is 0.913. The van der Waals surface area contributed by atoms with Crippen LogP contribution in [0.5, 0.6) is 0 Å². The van der Waals surface area contributed by atoms with Crippen LogP contribution in [0.3, 0.4) is 0 Å². The summed E-state index contributed by atoms with van der Waals surface area (Å²) < 4.78 is 14.2. The molecular formula is C16H26FN3. The third kappa shape index (κ3) is 3.49. The fourth-order valence-electron chi connectivity index (χ4n) is 2.80. The summed E-state index contributed by atoms with van der Waals surface area (Å²) in [5.41, 5.74) is 1.83. The first-order chi connectivity index (χ1) is 9.49. The van der Waals surface area contributed by atoms with Gasteiger partial charge in [0.15, 0.2) is 0 Å². The van der Waals surface area contributed by atoms with E-state index in [4.69, 9.17) is 0 Å². The SMILES string of the molecule is CC(C)NCc1c(F)cccc1N1CCN(C)CC1C. The number of anilines is 1. The lowest BCUT2D eigenvalue weighted by Crippen LogP contribution is -2.51. The average molecular weight is 279 g/mol. The Labute approximate surface area is 121 Å². The zero-order chi connectivity index (χ0) is 14.7. The highest BCUT2D eigenvalue weighted by Gasteiger charge is 2.24. The molecule has 0 saturated carbocycles. The van der Waals surface area contributed by atoms with E-state index >= 15 is 0 Å². The van der Waals surface area contributed by atoms with Gasteiger partial charge in [-0.15, -0.1) is 0 Å². The molecule has 0 aromatic heterocycles. The molecule has 1 aliphatic rings. The van der Waals surface area contributed by atoms with Crippen molar-refractivity contribution in [2.75, 3.05) is 31.6 Å². The summed E-state index contributed by atoms with van der Waals surface area (Å²) >= 11 is 0. The second-order valence-corrected chi connectivity index (χ2v) is 6.08. The van der Waals surface area contributed by atoms with Crippen LogP contribution in [-0.4, -0.2) is 43.7 Å². The van der Waals surface area contributed by atoms with Crippen LogP contribution in [-0.2, 0) is 6.54 Å². The molecule has 2 rings (SSSR count). The van der Waals surface area contributed by atoms with Gasteiger partial charge in [-0.2, -0.15) is 0 Å². The lowest BCUT2D eigenvalue weighted by molar-refractivity contribution is 0.275. The molecule has 1 aliphatic heterocycles. The number of nitrogens with one attached hydrogen (secondary N) is 1. The number of nitrogens with zero attached hydrogens (tertiary/aromatic N) is 2. The molecule has 0 spiro atoms. The summed E-state index contributed by atoms with van der Waals surface area (Å²) in [6, 6.07) is 6.18. The van der Waals surface area contributed by atoms with Gasteiger partial charge in [0.1, 0.15) is 5.82 Å². The minimum atomic E-state index is -0.109. The molecule has 0 bridgehead atoms. The number of halogens is 1. The third-order valence-corrected chi connectivity index (χ3v) is 3.92. The van der Waals surface area contributed by atoms with Crippen LogP contribution in [0.15, 0.2) is 18.2 Å². The number of hydrogen-bond acceptors (Lipinski definition) is 3. The molecule has 20 heavy (non-hydrogen) atoms. The van der Waals surface area contributed by atoms with E-state index < -0.39 is 0 Å². The van der Waals surface area contributed by atoms with Gasteiger partial charge in [0.2, 0.25) is 0 Å². The molecule has 1 aromatic rings. The largest absolute Gasteiger partial charge is 0.366 e. The van der Waals surface area contributed by atoms with Crippen molar-refractivity contribution >= 4 is 5.69 Å². The second-order valence-electron chi connectivity index (χ2n) is 6.08. The number of benzene rings is 1. The highest BCUT2D eigenvalue weighted by atomic mass is 19.1. The maximum absolute atomic E-state index is 14.2. The van der Waals surface area contributed by atoms with Crippen LogP contribution >= 0.6 is 0 Å². The highest BCUT2D eigenvalue weighted by molar-refractivity contribution is 5.55.